The maximum Gasteiger partial charge on any atom is 0.349 e. The van der Waals surface area contributed by atoms with Gasteiger partial charge in [-0.15, -0.1) is 11.8 Å². The van der Waals surface area contributed by atoms with Crippen LogP contribution >= 0.6 is 11.8 Å². The molecule has 1 aromatic carbocycles. The fourth-order valence-electron chi connectivity index (χ4n) is 3.93. The smallest absolute Gasteiger partial charge is 0.349 e. The summed E-state index contributed by atoms with van der Waals surface area (Å²) in [5.41, 5.74) is 1.76. The molecule has 4 nitrogen and oxygen atoms in total. The molecule has 0 unspecified atom stereocenters. The van der Waals surface area contributed by atoms with Gasteiger partial charge < -0.3 is 9.32 Å². The van der Waals surface area contributed by atoms with Gasteiger partial charge in [0.1, 0.15) is 11.3 Å². The first kappa shape index (κ1) is 19.3. The van der Waals surface area contributed by atoms with E-state index in [9.17, 15) is 9.59 Å². The predicted molar refractivity (Wildman–Crippen MR) is 112 cm³/mol. The third-order valence-electron chi connectivity index (χ3n) is 5.94. The molecule has 1 saturated heterocycles. The van der Waals surface area contributed by atoms with E-state index in [1.807, 2.05) is 29.7 Å². The van der Waals surface area contributed by atoms with Crippen LogP contribution in [0.1, 0.15) is 65.3 Å². The second kappa shape index (κ2) is 8.16. The third kappa shape index (κ3) is 4.04. The molecule has 148 valence electrons. The lowest BCUT2D eigenvalue weighted by molar-refractivity contribution is 0.0721. The molecule has 2 aliphatic rings. The van der Waals surface area contributed by atoms with Gasteiger partial charge in [-0.2, -0.15) is 0 Å². The van der Waals surface area contributed by atoms with Gasteiger partial charge in [-0.3, -0.25) is 4.79 Å². The first-order valence-electron chi connectivity index (χ1n) is 10.2. The molecule has 4 rings (SSSR count). The number of piperidine rings is 1. The average molecular weight is 398 g/mol. The number of carbonyl (C=O) groups excluding carboxylic acids is 1. The number of nitrogens with zero attached hydrogens (tertiary/aromatic N) is 1. The van der Waals surface area contributed by atoms with Gasteiger partial charge in [0, 0.05) is 29.2 Å². The molecule has 1 aliphatic heterocycles. The zero-order valence-corrected chi connectivity index (χ0v) is 17.4. The van der Waals surface area contributed by atoms with Crippen molar-refractivity contribution in [2.45, 2.75) is 62.0 Å². The van der Waals surface area contributed by atoms with E-state index < -0.39 is 5.63 Å². The fourth-order valence-corrected chi connectivity index (χ4v) is 5.05. The first-order valence-corrected chi connectivity index (χ1v) is 11.1. The van der Waals surface area contributed by atoms with Crippen LogP contribution in [-0.4, -0.2) is 29.1 Å². The van der Waals surface area contributed by atoms with Gasteiger partial charge in [-0.25, -0.2) is 4.79 Å². The molecule has 1 amide bonds. The quantitative estimate of drug-likeness (QED) is 0.735. The number of likely N-dealkylation sites (tertiary alicyclic amines) is 1. The van der Waals surface area contributed by atoms with Crippen LogP contribution in [0.15, 0.2) is 44.4 Å². The van der Waals surface area contributed by atoms with Crippen LogP contribution in [0.5, 0.6) is 0 Å². The fraction of sp³-hybridized carbons (Fsp3) is 0.478. The number of amides is 1. The second-order valence-electron chi connectivity index (χ2n) is 8.04. The minimum Gasteiger partial charge on any atom is -0.427 e. The molecular formula is C23H27NO3S. The Morgan fingerprint density at radius 1 is 1.07 bits per heavy atom. The van der Waals surface area contributed by atoms with E-state index in [2.05, 4.69) is 31.2 Å². The van der Waals surface area contributed by atoms with Crippen molar-refractivity contribution in [3.05, 3.63) is 63.2 Å². The highest BCUT2D eigenvalue weighted by atomic mass is 32.2. The number of rotatable bonds is 4. The van der Waals surface area contributed by atoms with Crippen LogP contribution in [-0.2, 0) is 0 Å². The minimum absolute atomic E-state index is 0.176. The van der Waals surface area contributed by atoms with Crippen molar-refractivity contribution < 1.29 is 9.21 Å². The lowest BCUT2D eigenvalue weighted by atomic mass is 9.83. The van der Waals surface area contributed by atoms with E-state index in [0.717, 1.165) is 37.0 Å². The van der Waals surface area contributed by atoms with E-state index >= 15 is 0 Å². The Kier molecular flexibility index (Phi) is 5.63. The molecule has 1 saturated carbocycles. The van der Waals surface area contributed by atoms with Crippen molar-refractivity contribution in [1.29, 1.82) is 0 Å². The van der Waals surface area contributed by atoms with Crippen molar-refractivity contribution in [2.24, 2.45) is 0 Å². The van der Waals surface area contributed by atoms with Crippen LogP contribution in [0.4, 0.5) is 0 Å². The van der Waals surface area contributed by atoms with Gasteiger partial charge in [-0.05, 0) is 63.3 Å². The highest BCUT2D eigenvalue weighted by Crippen LogP contribution is 2.36. The van der Waals surface area contributed by atoms with Crippen molar-refractivity contribution in [3.8, 4) is 0 Å². The highest BCUT2D eigenvalue weighted by molar-refractivity contribution is 8.00. The molecule has 5 heteroatoms. The number of hydrogen-bond donors (Lipinski definition) is 0. The van der Waals surface area contributed by atoms with Gasteiger partial charge in [0.05, 0.1) is 0 Å². The van der Waals surface area contributed by atoms with Gasteiger partial charge >= 0.3 is 5.63 Å². The van der Waals surface area contributed by atoms with E-state index in [1.54, 1.807) is 0 Å². The summed E-state index contributed by atoms with van der Waals surface area (Å²) in [5.74, 6) is 0.925. The Hall–Kier alpha value is -2.01. The second-order valence-corrected chi connectivity index (χ2v) is 9.42. The number of benzene rings is 1. The van der Waals surface area contributed by atoms with Crippen LogP contribution in [0, 0.1) is 13.8 Å². The molecule has 2 heterocycles. The number of thioether (sulfide) groups is 1. The summed E-state index contributed by atoms with van der Waals surface area (Å²) in [7, 11) is 0. The molecule has 0 atom stereocenters. The Morgan fingerprint density at radius 2 is 1.75 bits per heavy atom. The van der Waals surface area contributed by atoms with Gasteiger partial charge in [0.25, 0.3) is 5.91 Å². The van der Waals surface area contributed by atoms with Crippen LogP contribution in [0.25, 0.3) is 0 Å². The van der Waals surface area contributed by atoms with E-state index in [1.165, 1.54) is 16.9 Å². The molecule has 2 fully saturated rings. The summed E-state index contributed by atoms with van der Waals surface area (Å²) in [6, 6.07) is 10.5. The monoisotopic (exact) mass is 397 g/mol. The highest BCUT2D eigenvalue weighted by Gasteiger charge is 2.29. The molecule has 0 radical (unpaired) electrons. The van der Waals surface area contributed by atoms with Crippen LogP contribution in [0.2, 0.25) is 0 Å². The minimum atomic E-state index is -0.469. The number of hydrogen-bond acceptors (Lipinski definition) is 4. The Labute approximate surface area is 170 Å². The van der Waals surface area contributed by atoms with Crippen LogP contribution < -0.4 is 5.63 Å². The SMILES string of the molecule is Cc1ccc(SC2CCN(C(=O)c3c(C)cc(C4CCC4)oc3=O)CC2)cc1. The van der Waals surface area contributed by atoms with Gasteiger partial charge in [0.2, 0.25) is 0 Å². The average Bonchev–Trinajstić information content (AvgIpc) is 2.62. The molecular weight excluding hydrogens is 370 g/mol. The van der Waals surface area contributed by atoms with Crippen molar-refractivity contribution in [1.82, 2.24) is 4.90 Å². The summed E-state index contributed by atoms with van der Waals surface area (Å²) in [6.45, 7) is 5.32. The van der Waals surface area contributed by atoms with Crippen LogP contribution in [0.3, 0.4) is 0 Å². The van der Waals surface area contributed by atoms with E-state index in [0.29, 0.717) is 24.3 Å². The number of carbonyl (C=O) groups is 1. The lowest BCUT2D eigenvalue weighted by Gasteiger charge is -2.32. The third-order valence-corrected chi connectivity index (χ3v) is 7.29. The topological polar surface area (TPSA) is 50.5 Å². The molecule has 1 aromatic heterocycles. The lowest BCUT2D eigenvalue weighted by Crippen LogP contribution is -2.41. The van der Waals surface area contributed by atoms with Crippen molar-refractivity contribution in [3.63, 3.8) is 0 Å². The first-order chi connectivity index (χ1) is 13.5. The molecule has 0 bridgehead atoms. The maximum atomic E-state index is 13.0. The summed E-state index contributed by atoms with van der Waals surface area (Å²) in [6.07, 6.45) is 5.21. The van der Waals surface area contributed by atoms with Gasteiger partial charge in [-0.1, -0.05) is 24.1 Å². The predicted octanol–water partition coefficient (Wildman–Crippen LogP) is 4.92. The summed E-state index contributed by atoms with van der Waals surface area (Å²) >= 11 is 1.88. The summed E-state index contributed by atoms with van der Waals surface area (Å²) in [5, 5.41) is 0.505. The zero-order chi connectivity index (χ0) is 19.7. The normalized spacial score (nSPS) is 18.1. The molecule has 2 aromatic rings. The zero-order valence-electron chi connectivity index (χ0n) is 16.6. The molecule has 1 aliphatic carbocycles. The Balaban J connectivity index is 1.40. The standard InChI is InChI=1S/C23H27NO3S/c1-15-6-8-18(9-7-15)28-19-10-12-24(13-11-19)22(25)21-16(2)14-20(27-23(21)26)17-4-3-5-17/h6-9,14,17,19H,3-5,10-13H2,1-2H3. The van der Waals surface area contributed by atoms with Crippen molar-refractivity contribution >= 4 is 17.7 Å². The van der Waals surface area contributed by atoms with Gasteiger partial charge in [0.15, 0.2) is 0 Å². The number of aryl methyl sites for hydroxylation is 2. The molecule has 0 N–H and O–H groups in total. The van der Waals surface area contributed by atoms with E-state index in [4.69, 9.17) is 4.42 Å². The Bertz CT molecular complexity index is 906. The maximum absolute atomic E-state index is 13.0. The molecule has 0 spiro atoms. The largest absolute Gasteiger partial charge is 0.427 e. The van der Waals surface area contributed by atoms with E-state index in [-0.39, 0.29) is 11.5 Å². The van der Waals surface area contributed by atoms with Crippen molar-refractivity contribution in [2.75, 3.05) is 13.1 Å². The molecule has 28 heavy (non-hydrogen) atoms. The summed E-state index contributed by atoms with van der Waals surface area (Å²) < 4.78 is 5.51. The Morgan fingerprint density at radius 3 is 2.32 bits per heavy atom. The summed E-state index contributed by atoms with van der Waals surface area (Å²) in [4.78, 5) is 28.6.